The van der Waals surface area contributed by atoms with Crippen LogP contribution in [0.15, 0.2) is 60.7 Å². The van der Waals surface area contributed by atoms with E-state index in [0.717, 1.165) is 23.3 Å². The first kappa shape index (κ1) is 22.6. The minimum absolute atomic E-state index is 0.232. The highest BCUT2D eigenvalue weighted by atomic mass is 19.1. The number of benzene rings is 3. The topological polar surface area (TPSA) is 48.0 Å². The fourth-order valence-electron chi connectivity index (χ4n) is 4.23. The maximum atomic E-state index is 13.8. The molecule has 1 amide bonds. The number of rotatable bonds is 7. The van der Waals surface area contributed by atoms with Gasteiger partial charge in [0.05, 0.1) is 20.3 Å². The van der Waals surface area contributed by atoms with Crippen molar-refractivity contribution in [3.8, 4) is 17.2 Å². The minimum atomic E-state index is -0.437. The van der Waals surface area contributed by atoms with Crippen LogP contribution in [0.4, 0.5) is 4.39 Å². The number of carbonyl (C=O) groups excluding carboxylic acids is 1. The molecule has 0 saturated heterocycles. The standard InChI is InChI=1S/C27H28FNO4/c1-4-18-8-10-22(11-9-18)33-17-24-23-16-26(32-3)25(31-2)15-19(23)12-13-29(24)27(30)20-6-5-7-21(28)14-20/h5-11,14-16,24H,4,12-13,17H2,1-3H3/t24-/m1/s1. The highest BCUT2D eigenvalue weighted by Gasteiger charge is 2.33. The van der Waals surface area contributed by atoms with Crippen LogP contribution in [0.2, 0.25) is 0 Å². The quantitative estimate of drug-likeness (QED) is 0.496. The zero-order valence-electron chi connectivity index (χ0n) is 19.1. The third-order valence-corrected chi connectivity index (χ3v) is 6.07. The van der Waals surface area contributed by atoms with E-state index in [1.807, 2.05) is 36.4 Å². The number of carbonyl (C=O) groups is 1. The van der Waals surface area contributed by atoms with Crippen molar-refractivity contribution in [2.75, 3.05) is 27.4 Å². The molecule has 5 nitrogen and oxygen atoms in total. The molecule has 0 N–H and O–H groups in total. The molecular weight excluding hydrogens is 421 g/mol. The van der Waals surface area contributed by atoms with Gasteiger partial charge in [-0.05, 0) is 72.0 Å². The summed E-state index contributed by atoms with van der Waals surface area (Å²) >= 11 is 0. The van der Waals surface area contributed by atoms with Crippen molar-refractivity contribution in [2.45, 2.75) is 25.8 Å². The molecule has 172 valence electrons. The third kappa shape index (κ3) is 4.80. The molecule has 0 unspecified atom stereocenters. The Hall–Kier alpha value is -3.54. The first-order valence-corrected chi connectivity index (χ1v) is 11.1. The van der Waals surface area contributed by atoms with E-state index in [0.29, 0.717) is 30.0 Å². The van der Waals surface area contributed by atoms with Gasteiger partial charge >= 0.3 is 0 Å². The Kier molecular flexibility index (Phi) is 6.82. The first-order chi connectivity index (χ1) is 16.0. The van der Waals surface area contributed by atoms with Gasteiger partial charge in [-0.1, -0.05) is 25.1 Å². The van der Waals surface area contributed by atoms with Crippen LogP contribution in [-0.2, 0) is 12.8 Å². The molecule has 0 fully saturated rings. The Morgan fingerprint density at radius 2 is 1.76 bits per heavy atom. The van der Waals surface area contributed by atoms with Crippen LogP contribution in [0.3, 0.4) is 0 Å². The molecule has 1 aliphatic rings. The van der Waals surface area contributed by atoms with Crippen molar-refractivity contribution < 1.29 is 23.4 Å². The molecular formula is C27H28FNO4. The van der Waals surface area contributed by atoms with Gasteiger partial charge in [0.1, 0.15) is 18.2 Å². The summed E-state index contributed by atoms with van der Waals surface area (Å²) in [5, 5.41) is 0. The molecule has 1 atom stereocenters. The van der Waals surface area contributed by atoms with Gasteiger partial charge in [0.15, 0.2) is 11.5 Å². The van der Waals surface area contributed by atoms with Gasteiger partial charge in [0.2, 0.25) is 0 Å². The van der Waals surface area contributed by atoms with Crippen molar-refractivity contribution >= 4 is 5.91 Å². The van der Waals surface area contributed by atoms with Crippen LogP contribution in [0.25, 0.3) is 0 Å². The SMILES string of the molecule is CCc1ccc(OC[C@@H]2c3cc(OC)c(OC)cc3CCN2C(=O)c2cccc(F)c2)cc1. The zero-order chi connectivity index (χ0) is 23.4. The Morgan fingerprint density at radius 3 is 2.42 bits per heavy atom. The van der Waals surface area contributed by atoms with Crippen LogP contribution >= 0.6 is 0 Å². The van der Waals surface area contributed by atoms with Crippen molar-refractivity contribution in [1.29, 1.82) is 0 Å². The molecule has 0 bridgehead atoms. The zero-order valence-corrected chi connectivity index (χ0v) is 19.1. The number of ether oxygens (including phenoxy) is 3. The number of fused-ring (bicyclic) bond motifs is 1. The predicted octanol–water partition coefficient (Wildman–Crippen LogP) is 5.22. The maximum Gasteiger partial charge on any atom is 0.254 e. The third-order valence-electron chi connectivity index (χ3n) is 6.07. The number of methoxy groups -OCH3 is 2. The summed E-state index contributed by atoms with van der Waals surface area (Å²) in [7, 11) is 3.19. The van der Waals surface area contributed by atoms with E-state index in [2.05, 4.69) is 6.92 Å². The number of nitrogens with zero attached hydrogens (tertiary/aromatic N) is 1. The van der Waals surface area contributed by atoms with Crippen LogP contribution in [0.1, 0.15) is 40.0 Å². The highest BCUT2D eigenvalue weighted by Crippen LogP contribution is 2.39. The molecule has 1 aliphatic heterocycles. The number of amides is 1. The maximum absolute atomic E-state index is 13.8. The summed E-state index contributed by atoms with van der Waals surface area (Å²) in [6.07, 6.45) is 1.60. The van der Waals surface area contributed by atoms with E-state index < -0.39 is 5.82 Å². The molecule has 0 aromatic heterocycles. The smallest absolute Gasteiger partial charge is 0.254 e. The van der Waals surface area contributed by atoms with Crippen molar-refractivity contribution in [2.24, 2.45) is 0 Å². The highest BCUT2D eigenvalue weighted by molar-refractivity contribution is 5.94. The van der Waals surface area contributed by atoms with E-state index in [4.69, 9.17) is 14.2 Å². The van der Waals surface area contributed by atoms with Crippen molar-refractivity contribution in [3.63, 3.8) is 0 Å². The fourth-order valence-corrected chi connectivity index (χ4v) is 4.23. The van der Waals surface area contributed by atoms with E-state index >= 15 is 0 Å². The summed E-state index contributed by atoms with van der Waals surface area (Å²) in [4.78, 5) is 15.1. The lowest BCUT2D eigenvalue weighted by molar-refractivity contribution is 0.0589. The van der Waals surface area contributed by atoms with Gasteiger partial charge in [0.25, 0.3) is 5.91 Å². The molecule has 1 heterocycles. The molecule has 0 radical (unpaired) electrons. The predicted molar refractivity (Wildman–Crippen MR) is 125 cm³/mol. The lowest BCUT2D eigenvalue weighted by Gasteiger charge is -2.37. The van der Waals surface area contributed by atoms with Crippen LogP contribution in [0.5, 0.6) is 17.2 Å². The number of halogens is 1. The lowest BCUT2D eigenvalue weighted by Crippen LogP contribution is -2.42. The summed E-state index contributed by atoms with van der Waals surface area (Å²) in [5.74, 6) is 1.31. The van der Waals surface area contributed by atoms with Gasteiger partial charge in [0, 0.05) is 12.1 Å². The first-order valence-electron chi connectivity index (χ1n) is 11.1. The Bertz CT molecular complexity index is 1130. The molecule has 33 heavy (non-hydrogen) atoms. The normalized spacial score (nSPS) is 15.0. The largest absolute Gasteiger partial charge is 0.493 e. The Balaban J connectivity index is 1.69. The van der Waals surface area contributed by atoms with E-state index in [1.165, 1.54) is 17.7 Å². The van der Waals surface area contributed by atoms with Crippen molar-refractivity contribution in [3.05, 3.63) is 88.7 Å². The molecule has 3 aromatic carbocycles. The second kappa shape index (κ2) is 9.94. The van der Waals surface area contributed by atoms with Crippen LogP contribution in [0, 0.1) is 5.82 Å². The summed E-state index contributed by atoms with van der Waals surface area (Å²) in [6, 6.07) is 17.2. The Labute approximate surface area is 193 Å². The number of hydrogen-bond acceptors (Lipinski definition) is 4. The van der Waals surface area contributed by atoms with Crippen LogP contribution < -0.4 is 14.2 Å². The Morgan fingerprint density at radius 1 is 1.03 bits per heavy atom. The molecule has 0 aliphatic carbocycles. The summed E-state index contributed by atoms with van der Waals surface area (Å²) < 4.78 is 30.9. The monoisotopic (exact) mass is 449 g/mol. The number of hydrogen-bond donors (Lipinski definition) is 0. The minimum Gasteiger partial charge on any atom is -0.493 e. The van der Waals surface area contributed by atoms with E-state index in [-0.39, 0.29) is 18.6 Å². The van der Waals surface area contributed by atoms with Gasteiger partial charge in [-0.2, -0.15) is 0 Å². The van der Waals surface area contributed by atoms with Gasteiger partial charge in [-0.3, -0.25) is 4.79 Å². The van der Waals surface area contributed by atoms with E-state index in [1.54, 1.807) is 31.3 Å². The summed E-state index contributed by atoms with van der Waals surface area (Å²) in [5.41, 5.74) is 3.56. The fraction of sp³-hybridized carbons (Fsp3) is 0.296. The lowest BCUT2D eigenvalue weighted by atomic mass is 9.91. The summed E-state index contributed by atoms with van der Waals surface area (Å²) in [6.45, 7) is 2.85. The second-order valence-corrected chi connectivity index (χ2v) is 7.99. The van der Waals surface area contributed by atoms with E-state index in [9.17, 15) is 9.18 Å². The van der Waals surface area contributed by atoms with Gasteiger partial charge in [-0.25, -0.2) is 4.39 Å². The second-order valence-electron chi connectivity index (χ2n) is 7.99. The average molecular weight is 450 g/mol. The molecule has 4 rings (SSSR count). The van der Waals surface area contributed by atoms with Crippen LogP contribution in [-0.4, -0.2) is 38.2 Å². The average Bonchev–Trinajstić information content (AvgIpc) is 2.86. The molecule has 3 aromatic rings. The molecule has 6 heteroatoms. The van der Waals surface area contributed by atoms with Crippen molar-refractivity contribution in [1.82, 2.24) is 4.90 Å². The number of aryl methyl sites for hydroxylation is 1. The molecule has 0 spiro atoms. The van der Waals surface area contributed by atoms with Gasteiger partial charge < -0.3 is 19.1 Å². The molecule has 0 saturated carbocycles. The van der Waals surface area contributed by atoms with Gasteiger partial charge in [-0.15, -0.1) is 0 Å².